The van der Waals surface area contributed by atoms with Crippen molar-refractivity contribution >= 4 is 23.3 Å². The van der Waals surface area contributed by atoms with Crippen molar-refractivity contribution < 1.29 is 14.6 Å². The lowest BCUT2D eigenvalue weighted by Crippen LogP contribution is -2.44. The molecule has 0 bridgehead atoms. The summed E-state index contributed by atoms with van der Waals surface area (Å²) in [5, 5.41) is 13.7. The summed E-state index contributed by atoms with van der Waals surface area (Å²) in [6.07, 6.45) is 7.60. The molecule has 1 aliphatic carbocycles. The molecular formula is C20H25ClN4O3. The molecule has 7 nitrogen and oxygen atoms in total. The number of aliphatic hydroxyl groups is 1. The Balaban J connectivity index is 1.70. The Morgan fingerprint density at radius 2 is 2.04 bits per heavy atom. The smallest absolute Gasteiger partial charge is 0.253 e. The minimum absolute atomic E-state index is 0.212. The molecule has 0 saturated heterocycles. The maximum Gasteiger partial charge on any atom is 0.253 e. The first-order chi connectivity index (χ1) is 13.4. The molecule has 1 amide bonds. The zero-order valence-electron chi connectivity index (χ0n) is 16.1. The molecule has 150 valence electrons. The number of amides is 1. The van der Waals surface area contributed by atoms with Crippen LogP contribution in [-0.4, -0.2) is 47.2 Å². The van der Waals surface area contributed by atoms with E-state index in [1.807, 2.05) is 19.0 Å². The molecule has 0 spiro atoms. The van der Waals surface area contributed by atoms with Gasteiger partial charge in [-0.3, -0.25) is 9.78 Å². The van der Waals surface area contributed by atoms with Gasteiger partial charge in [0.05, 0.1) is 28.6 Å². The Hall–Kier alpha value is -2.38. The van der Waals surface area contributed by atoms with Crippen LogP contribution in [-0.2, 0) is 0 Å². The topological polar surface area (TPSA) is 87.6 Å². The second-order valence-electron chi connectivity index (χ2n) is 7.32. The summed E-state index contributed by atoms with van der Waals surface area (Å²) < 4.78 is 5.74. The van der Waals surface area contributed by atoms with Gasteiger partial charge in [-0.1, -0.05) is 30.9 Å². The Kier molecular flexibility index (Phi) is 6.36. The molecule has 0 atom stereocenters. The molecular weight excluding hydrogens is 380 g/mol. The summed E-state index contributed by atoms with van der Waals surface area (Å²) in [4.78, 5) is 22.9. The van der Waals surface area contributed by atoms with Crippen molar-refractivity contribution in [3.63, 3.8) is 0 Å². The zero-order chi connectivity index (χ0) is 20.1. The molecule has 28 heavy (non-hydrogen) atoms. The van der Waals surface area contributed by atoms with Crippen LogP contribution in [0.1, 0.15) is 42.5 Å². The Morgan fingerprint density at radius 1 is 1.29 bits per heavy atom. The molecule has 1 aromatic heterocycles. The number of benzene rings is 1. The quantitative estimate of drug-likeness (QED) is 0.767. The van der Waals surface area contributed by atoms with Crippen LogP contribution >= 0.6 is 11.6 Å². The van der Waals surface area contributed by atoms with Crippen LogP contribution in [0.4, 0.5) is 5.82 Å². The average Bonchev–Trinajstić information content (AvgIpc) is 2.68. The fraction of sp³-hybridized carbons (Fsp3) is 0.450. The first-order valence-electron chi connectivity index (χ1n) is 9.34. The number of anilines is 1. The van der Waals surface area contributed by atoms with Gasteiger partial charge < -0.3 is 20.1 Å². The van der Waals surface area contributed by atoms with Crippen molar-refractivity contribution in [3.8, 4) is 11.6 Å². The minimum Gasteiger partial charge on any atom is -0.437 e. The van der Waals surface area contributed by atoms with Crippen molar-refractivity contribution in [3.05, 3.63) is 41.2 Å². The van der Waals surface area contributed by atoms with Crippen molar-refractivity contribution in [1.29, 1.82) is 0 Å². The molecule has 1 saturated carbocycles. The van der Waals surface area contributed by atoms with Gasteiger partial charge in [-0.25, -0.2) is 0 Å². The number of nitrogens with zero attached hydrogens (tertiary/aromatic N) is 3. The monoisotopic (exact) mass is 404 g/mol. The van der Waals surface area contributed by atoms with E-state index < -0.39 is 5.60 Å². The highest BCUT2D eigenvalue weighted by atomic mass is 35.5. The third-order valence-corrected chi connectivity index (χ3v) is 5.15. The summed E-state index contributed by atoms with van der Waals surface area (Å²) >= 11 is 6.20. The van der Waals surface area contributed by atoms with Gasteiger partial charge in [0.25, 0.3) is 5.91 Å². The van der Waals surface area contributed by atoms with Gasteiger partial charge in [-0.15, -0.1) is 0 Å². The van der Waals surface area contributed by atoms with Crippen LogP contribution < -0.4 is 15.0 Å². The third kappa shape index (κ3) is 5.11. The summed E-state index contributed by atoms with van der Waals surface area (Å²) in [7, 11) is 3.72. The van der Waals surface area contributed by atoms with Crippen LogP contribution in [0, 0.1) is 0 Å². The largest absolute Gasteiger partial charge is 0.437 e. The lowest BCUT2D eigenvalue weighted by molar-refractivity contribution is 0.00526. The van der Waals surface area contributed by atoms with Gasteiger partial charge in [0.2, 0.25) is 5.88 Å². The zero-order valence-corrected chi connectivity index (χ0v) is 16.9. The van der Waals surface area contributed by atoms with Gasteiger partial charge in [-0.2, -0.15) is 4.98 Å². The van der Waals surface area contributed by atoms with Crippen LogP contribution in [0.3, 0.4) is 0 Å². The van der Waals surface area contributed by atoms with E-state index in [1.54, 1.807) is 24.4 Å². The SMILES string of the molecule is CN(C)c1cncc(Oc2ccc(Cl)c(C(=O)NCC3(O)CCCCC3)c2)n1. The van der Waals surface area contributed by atoms with Crippen LogP contribution in [0.2, 0.25) is 5.02 Å². The molecule has 1 aliphatic rings. The summed E-state index contributed by atoms with van der Waals surface area (Å²) in [6, 6.07) is 4.83. The van der Waals surface area contributed by atoms with Gasteiger partial charge in [-0.05, 0) is 31.0 Å². The number of hydrogen-bond donors (Lipinski definition) is 2. The van der Waals surface area contributed by atoms with E-state index in [9.17, 15) is 9.90 Å². The van der Waals surface area contributed by atoms with E-state index in [4.69, 9.17) is 16.3 Å². The molecule has 8 heteroatoms. The lowest BCUT2D eigenvalue weighted by Gasteiger charge is -2.32. The lowest BCUT2D eigenvalue weighted by atomic mass is 9.85. The fourth-order valence-corrected chi connectivity index (χ4v) is 3.40. The van der Waals surface area contributed by atoms with Gasteiger partial charge in [0, 0.05) is 20.6 Å². The van der Waals surface area contributed by atoms with Crippen LogP contribution in [0.5, 0.6) is 11.6 Å². The van der Waals surface area contributed by atoms with E-state index in [-0.39, 0.29) is 18.0 Å². The molecule has 2 N–H and O–H groups in total. The third-order valence-electron chi connectivity index (χ3n) is 4.83. The number of carbonyl (C=O) groups is 1. The van der Waals surface area contributed by atoms with Gasteiger partial charge in [0.15, 0.2) is 5.82 Å². The van der Waals surface area contributed by atoms with Crippen molar-refractivity contribution in [2.45, 2.75) is 37.7 Å². The van der Waals surface area contributed by atoms with E-state index in [0.717, 1.165) is 19.3 Å². The molecule has 3 rings (SSSR count). The molecule has 0 unspecified atom stereocenters. The Labute approximate surface area is 169 Å². The number of rotatable bonds is 6. The number of hydrogen-bond acceptors (Lipinski definition) is 6. The molecule has 1 aromatic carbocycles. The number of ether oxygens (including phenoxy) is 1. The highest BCUT2D eigenvalue weighted by Gasteiger charge is 2.29. The van der Waals surface area contributed by atoms with E-state index in [0.29, 0.717) is 35.3 Å². The second-order valence-corrected chi connectivity index (χ2v) is 7.73. The van der Waals surface area contributed by atoms with Crippen LogP contribution in [0.25, 0.3) is 0 Å². The average molecular weight is 405 g/mol. The number of carbonyl (C=O) groups excluding carboxylic acids is 1. The molecule has 0 aliphatic heterocycles. The van der Waals surface area contributed by atoms with Gasteiger partial charge >= 0.3 is 0 Å². The molecule has 1 heterocycles. The predicted molar refractivity (Wildman–Crippen MR) is 108 cm³/mol. The Bertz CT molecular complexity index is 838. The predicted octanol–water partition coefficient (Wildman–Crippen LogP) is 3.41. The first-order valence-corrected chi connectivity index (χ1v) is 9.71. The van der Waals surface area contributed by atoms with Crippen molar-refractivity contribution in [1.82, 2.24) is 15.3 Å². The number of nitrogens with one attached hydrogen (secondary N) is 1. The highest BCUT2D eigenvalue weighted by molar-refractivity contribution is 6.33. The summed E-state index contributed by atoms with van der Waals surface area (Å²) in [6.45, 7) is 0.212. The first kappa shape index (κ1) is 20.4. The summed E-state index contributed by atoms with van der Waals surface area (Å²) in [5.41, 5.74) is -0.549. The number of halogens is 1. The molecule has 1 fully saturated rings. The van der Waals surface area contributed by atoms with E-state index >= 15 is 0 Å². The highest BCUT2D eigenvalue weighted by Crippen LogP contribution is 2.28. The Morgan fingerprint density at radius 3 is 2.75 bits per heavy atom. The standard InChI is InChI=1S/C20H25ClN4O3/c1-25(2)17-11-22-12-18(24-17)28-14-6-7-16(21)15(10-14)19(26)23-13-20(27)8-4-3-5-9-20/h6-7,10-12,27H,3-5,8-9,13H2,1-2H3,(H,23,26). The van der Waals surface area contributed by atoms with Gasteiger partial charge in [0.1, 0.15) is 5.75 Å². The maximum atomic E-state index is 12.6. The van der Waals surface area contributed by atoms with E-state index in [2.05, 4.69) is 15.3 Å². The molecule has 2 aromatic rings. The van der Waals surface area contributed by atoms with Crippen molar-refractivity contribution in [2.75, 3.05) is 25.5 Å². The van der Waals surface area contributed by atoms with E-state index in [1.165, 1.54) is 6.20 Å². The van der Waals surface area contributed by atoms with Crippen LogP contribution in [0.15, 0.2) is 30.6 Å². The minimum atomic E-state index is -0.837. The maximum absolute atomic E-state index is 12.6. The fourth-order valence-electron chi connectivity index (χ4n) is 3.19. The number of aromatic nitrogens is 2. The normalized spacial score (nSPS) is 15.7. The molecule has 0 radical (unpaired) electrons. The van der Waals surface area contributed by atoms with Crippen molar-refractivity contribution in [2.24, 2.45) is 0 Å². The second kappa shape index (κ2) is 8.75. The summed E-state index contributed by atoms with van der Waals surface area (Å²) in [5.74, 6) is 1.06.